The first-order valence-corrected chi connectivity index (χ1v) is 3.36. The number of nitriles is 1. The molecule has 2 N–H and O–H groups in total. The van der Waals surface area contributed by atoms with Crippen molar-refractivity contribution in [1.29, 1.82) is 5.26 Å². The lowest BCUT2D eigenvalue weighted by atomic mass is 10.1. The van der Waals surface area contributed by atoms with Crippen LogP contribution in [0.1, 0.15) is 24.2 Å². The van der Waals surface area contributed by atoms with E-state index >= 15 is 0 Å². The first kappa shape index (κ1) is 14.7. The molecule has 0 saturated carbocycles. The summed E-state index contributed by atoms with van der Waals surface area (Å²) in [6, 6.07) is 5.30. The molecular weight excluding hydrogens is 209 g/mol. The van der Waals surface area contributed by atoms with Crippen molar-refractivity contribution in [2.45, 2.75) is 13.0 Å². The summed E-state index contributed by atoms with van der Waals surface area (Å²) in [5, 5.41) is 8.62. The maximum Gasteiger partial charge on any atom is 0.101 e. The molecular formula is C8H11Cl2N3. The second-order valence-corrected chi connectivity index (χ2v) is 2.34. The van der Waals surface area contributed by atoms with Crippen molar-refractivity contribution in [3.05, 3.63) is 29.6 Å². The van der Waals surface area contributed by atoms with Crippen molar-refractivity contribution in [3.8, 4) is 6.07 Å². The van der Waals surface area contributed by atoms with Crippen LogP contribution >= 0.6 is 24.8 Å². The molecule has 0 amide bonds. The molecule has 1 aromatic rings. The van der Waals surface area contributed by atoms with Crippen LogP contribution in [0.15, 0.2) is 18.3 Å². The van der Waals surface area contributed by atoms with E-state index in [1.807, 2.05) is 13.0 Å². The van der Waals surface area contributed by atoms with Gasteiger partial charge < -0.3 is 5.73 Å². The van der Waals surface area contributed by atoms with Crippen LogP contribution in [0.3, 0.4) is 0 Å². The second-order valence-electron chi connectivity index (χ2n) is 2.34. The molecule has 0 aromatic carbocycles. The minimum atomic E-state index is -0.175. The highest BCUT2D eigenvalue weighted by Gasteiger charge is 2.05. The first-order chi connectivity index (χ1) is 5.25. The summed E-state index contributed by atoms with van der Waals surface area (Å²) in [7, 11) is 0. The van der Waals surface area contributed by atoms with Crippen LogP contribution in [0.2, 0.25) is 0 Å². The topological polar surface area (TPSA) is 62.7 Å². The fourth-order valence-electron chi connectivity index (χ4n) is 0.875. The Bertz CT molecular complexity index is 294. The quantitative estimate of drug-likeness (QED) is 0.784. The Hall–Kier alpha value is -0.820. The third-order valence-corrected chi connectivity index (χ3v) is 1.39. The maximum absolute atomic E-state index is 8.62. The predicted molar refractivity (Wildman–Crippen MR) is 56.1 cm³/mol. The van der Waals surface area contributed by atoms with Gasteiger partial charge in [-0.3, -0.25) is 4.98 Å². The molecule has 0 spiro atoms. The fourth-order valence-corrected chi connectivity index (χ4v) is 0.875. The first-order valence-electron chi connectivity index (χ1n) is 3.36. The van der Waals surface area contributed by atoms with Gasteiger partial charge in [0, 0.05) is 12.2 Å². The van der Waals surface area contributed by atoms with Gasteiger partial charge in [0.05, 0.1) is 11.3 Å². The molecule has 0 aliphatic rings. The fraction of sp³-hybridized carbons (Fsp3) is 0.250. The van der Waals surface area contributed by atoms with E-state index in [0.717, 1.165) is 0 Å². The number of nitrogens with two attached hydrogens (primary N) is 1. The van der Waals surface area contributed by atoms with E-state index in [0.29, 0.717) is 11.3 Å². The molecule has 0 fully saturated rings. The average molecular weight is 220 g/mol. The molecule has 0 radical (unpaired) electrons. The van der Waals surface area contributed by atoms with E-state index in [4.69, 9.17) is 11.0 Å². The maximum atomic E-state index is 8.62. The third-order valence-electron chi connectivity index (χ3n) is 1.39. The van der Waals surface area contributed by atoms with E-state index in [1.165, 1.54) is 0 Å². The Balaban J connectivity index is 0. The summed E-state index contributed by atoms with van der Waals surface area (Å²) in [5.74, 6) is 0. The molecule has 0 aliphatic heterocycles. The van der Waals surface area contributed by atoms with Crippen LogP contribution in [0.25, 0.3) is 0 Å². The number of rotatable bonds is 1. The van der Waals surface area contributed by atoms with Crippen molar-refractivity contribution in [3.63, 3.8) is 0 Å². The standard InChI is InChI=1S/C8H9N3.2ClH/c1-6(10)8-7(5-9)3-2-4-11-8;;/h2-4,6H,10H2,1H3;2*1H/t6-;;/m1../s1. The van der Waals surface area contributed by atoms with Crippen molar-refractivity contribution < 1.29 is 0 Å². The lowest BCUT2D eigenvalue weighted by molar-refractivity contribution is 0.777. The van der Waals surface area contributed by atoms with Gasteiger partial charge in [0.2, 0.25) is 0 Å². The van der Waals surface area contributed by atoms with Crippen molar-refractivity contribution in [2.24, 2.45) is 5.73 Å². The normalized spacial score (nSPS) is 10.2. The van der Waals surface area contributed by atoms with Gasteiger partial charge in [-0.15, -0.1) is 24.8 Å². The highest BCUT2D eigenvalue weighted by molar-refractivity contribution is 5.85. The lowest BCUT2D eigenvalue weighted by Gasteiger charge is -2.04. The summed E-state index contributed by atoms with van der Waals surface area (Å²) in [6.07, 6.45) is 1.64. The summed E-state index contributed by atoms with van der Waals surface area (Å²) in [6.45, 7) is 1.81. The molecule has 13 heavy (non-hydrogen) atoms. The SMILES string of the molecule is C[C@@H](N)c1ncccc1C#N.Cl.Cl. The predicted octanol–water partition coefficient (Wildman–Crippen LogP) is 1.82. The van der Waals surface area contributed by atoms with Crippen LogP contribution in [-0.4, -0.2) is 4.98 Å². The van der Waals surface area contributed by atoms with E-state index < -0.39 is 0 Å². The molecule has 1 aromatic heterocycles. The van der Waals surface area contributed by atoms with Gasteiger partial charge in [-0.05, 0) is 19.1 Å². The van der Waals surface area contributed by atoms with Gasteiger partial charge in [0.1, 0.15) is 6.07 Å². The van der Waals surface area contributed by atoms with Crippen LogP contribution < -0.4 is 5.73 Å². The van der Waals surface area contributed by atoms with Gasteiger partial charge >= 0.3 is 0 Å². The van der Waals surface area contributed by atoms with E-state index in [1.54, 1.807) is 18.3 Å². The smallest absolute Gasteiger partial charge is 0.101 e. The van der Waals surface area contributed by atoms with Gasteiger partial charge in [-0.1, -0.05) is 0 Å². The third kappa shape index (κ3) is 3.60. The zero-order valence-electron chi connectivity index (χ0n) is 7.10. The molecule has 72 valence electrons. The number of halogens is 2. The average Bonchev–Trinajstić information content (AvgIpc) is 2.04. The molecule has 1 atom stereocenters. The lowest BCUT2D eigenvalue weighted by Crippen LogP contribution is -2.09. The van der Waals surface area contributed by atoms with Gasteiger partial charge in [0.25, 0.3) is 0 Å². The second kappa shape index (κ2) is 6.67. The Morgan fingerprint density at radius 2 is 2.15 bits per heavy atom. The highest BCUT2D eigenvalue weighted by atomic mass is 35.5. The molecule has 0 unspecified atom stereocenters. The minimum absolute atomic E-state index is 0. The zero-order valence-corrected chi connectivity index (χ0v) is 8.73. The number of aromatic nitrogens is 1. The van der Waals surface area contributed by atoms with Crippen molar-refractivity contribution in [2.75, 3.05) is 0 Å². The van der Waals surface area contributed by atoms with Crippen LogP contribution in [-0.2, 0) is 0 Å². The molecule has 0 bridgehead atoms. The van der Waals surface area contributed by atoms with Crippen molar-refractivity contribution in [1.82, 2.24) is 4.98 Å². The summed E-state index contributed by atoms with van der Waals surface area (Å²) < 4.78 is 0. The molecule has 0 saturated heterocycles. The number of hydrogen-bond donors (Lipinski definition) is 1. The van der Waals surface area contributed by atoms with Crippen LogP contribution in [0.5, 0.6) is 0 Å². The Morgan fingerprint density at radius 3 is 2.54 bits per heavy atom. The largest absolute Gasteiger partial charge is 0.323 e. The van der Waals surface area contributed by atoms with E-state index in [-0.39, 0.29) is 30.9 Å². The Morgan fingerprint density at radius 1 is 1.54 bits per heavy atom. The van der Waals surface area contributed by atoms with Gasteiger partial charge in [-0.2, -0.15) is 5.26 Å². The van der Waals surface area contributed by atoms with Crippen molar-refractivity contribution >= 4 is 24.8 Å². The molecule has 5 heteroatoms. The minimum Gasteiger partial charge on any atom is -0.323 e. The van der Waals surface area contributed by atoms with Gasteiger partial charge in [0.15, 0.2) is 0 Å². The number of nitrogens with zero attached hydrogens (tertiary/aromatic N) is 2. The molecule has 1 rings (SSSR count). The Kier molecular flexibility index (Phi) is 7.54. The zero-order chi connectivity index (χ0) is 8.27. The molecule has 1 heterocycles. The monoisotopic (exact) mass is 219 g/mol. The van der Waals surface area contributed by atoms with E-state index in [9.17, 15) is 0 Å². The van der Waals surface area contributed by atoms with Crippen LogP contribution in [0.4, 0.5) is 0 Å². The summed E-state index contributed by atoms with van der Waals surface area (Å²) in [4.78, 5) is 4.00. The summed E-state index contributed by atoms with van der Waals surface area (Å²) >= 11 is 0. The number of hydrogen-bond acceptors (Lipinski definition) is 3. The van der Waals surface area contributed by atoms with Crippen LogP contribution in [0, 0.1) is 11.3 Å². The molecule has 3 nitrogen and oxygen atoms in total. The highest BCUT2D eigenvalue weighted by Crippen LogP contribution is 2.10. The van der Waals surface area contributed by atoms with Gasteiger partial charge in [-0.25, -0.2) is 0 Å². The van der Waals surface area contributed by atoms with E-state index in [2.05, 4.69) is 4.98 Å². The molecule has 0 aliphatic carbocycles. The summed E-state index contributed by atoms with van der Waals surface area (Å²) in [5.41, 5.74) is 6.80. The Labute approximate surface area is 89.8 Å². The number of pyridine rings is 1.